The summed E-state index contributed by atoms with van der Waals surface area (Å²) in [5, 5.41) is 6.44. The van der Waals surface area contributed by atoms with E-state index < -0.39 is 0 Å². The summed E-state index contributed by atoms with van der Waals surface area (Å²) < 4.78 is 11.1. The van der Waals surface area contributed by atoms with Crippen LogP contribution in [-0.2, 0) is 16.1 Å². The van der Waals surface area contributed by atoms with Gasteiger partial charge in [-0.2, -0.15) is 0 Å². The second kappa shape index (κ2) is 15.0. The smallest absolute Gasteiger partial charge is 0.241 e. The number of likely N-dealkylation sites (N-methyl/N-ethyl adjacent to an activating group) is 1. The Balaban J connectivity index is 0.00000450. The van der Waals surface area contributed by atoms with Crippen molar-refractivity contribution in [3.63, 3.8) is 0 Å². The predicted molar refractivity (Wildman–Crippen MR) is 131 cm³/mol. The molecule has 168 valence electrons. The summed E-state index contributed by atoms with van der Waals surface area (Å²) in [6.45, 7) is 9.81. The normalized spacial score (nSPS) is 14.4. The fraction of sp³-hybridized carbons (Fsp3) is 0.524. The maximum absolute atomic E-state index is 11.9. The number of para-hydroxylation sites is 1. The Morgan fingerprint density at radius 3 is 2.73 bits per heavy atom. The van der Waals surface area contributed by atoms with Crippen molar-refractivity contribution < 1.29 is 14.3 Å². The highest BCUT2D eigenvalue weighted by atomic mass is 127. The fourth-order valence-electron chi connectivity index (χ4n) is 2.74. The summed E-state index contributed by atoms with van der Waals surface area (Å²) in [7, 11) is 3.47. The van der Waals surface area contributed by atoms with Crippen molar-refractivity contribution in [2.75, 3.05) is 66.6 Å². The lowest BCUT2D eigenvalue weighted by Crippen LogP contribution is -2.46. The third-order valence-electron chi connectivity index (χ3n) is 4.47. The van der Waals surface area contributed by atoms with Gasteiger partial charge < -0.3 is 25.0 Å². The van der Waals surface area contributed by atoms with Crippen molar-refractivity contribution in [2.45, 2.75) is 6.54 Å². The highest BCUT2D eigenvalue weighted by Crippen LogP contribution is 2.18. The van der Waals surface area contributed by atoms with Crippen molar-refractivity contribution in [3.8, 4) is 5.75 Å². The fourth-order valence-corrected chi connectivity index (χ4v) is 2.74. The van der Waals surface area contributed by atoms with Gasteiger partial charge in [0.15, 0.2) is 5.96 Å². The van der Waals surface area contributed by atoms with Crippen LogP contribution < -0.4 is 15.4 Å². The van der Waals surface area contributed by atoms with Crippen LogP contribution in [0.4, 0.5) is 0 Å². The molecule has 0 radical (unpaired) electrons. The summed E-state index contributed by atoms with van der Waals surface area (Å²) in [4.78, 5) is 20.5. The lowest BCUT2D eigenvalue weighted by molar-refractivity contribution is -0.127. The molecule has 1 fully saturated rings. The van der Waals surface area contributed by atoms with Gasteiger partial charge in [0.05, 0.1) is 26.3 Å². The van der Waals surface area contributed by atoms with Crippen LogP contribution in [0.1, 0.15) is 5.56 Å². The highest BCUT2D eigenvalue weighted by molar-refractivity contribution is 14.0. The second-order valence-electron chi connectivity index (χ2n) is 6.89. The van der Waals surface area contributed by atoms with E-state index in [0.717, 1.165) is 50.7 Å². The van der Waals surface area contributed by atoms with E-state index in [1.165, 1.54) is 0 Å². The third kappa shape index (κ3) is 9.77. The molecule has 2 rings (SSSR count). The van der Waals surface area contributed by atoms with Crippen LogP contribution in [0, 0.1) is 0 Å². The van der Waals surface area contributed by atoms with Gasteiger partial charge in [0.1, 0.15) is 12.4 Å². The standard InChI is InChI=1S/C21H33N5O3.HI/c1-4-13-29-19-8-6-5-7-18(19)16-23-21(24-17-20(27)25(2)3)22-9-10-26-11-14-28-15-12-26;/h4-8H,1,9-17H2,2-3H3,(H2,22,23,24);1H. The Labute approximate surface area is 196 Å². The van der Waals surface area contributed by atoms with Gasteiger partial charge in [0, 0.05) is 45.8 Å². The Kier molecular flexibility index (Phi) is 13.1. The summed E-state index contributed by atoms with van der Waals surface area (Å²) in [6.07, 6.45) is 1.72. The minimum absolute atomic E-state index is 0. The average Bonchev–Trinajstić information content (AvgIpc) is 2.74. The second-order valence-corrected chi connectivity index (χ2v) is 6.89. The molecule has 0 aliphatic carbocycles. The molecule has 2 N–H and O–H groups in total. The first-order valence-electron chi connectivity index (χ1n) is 9.94. The number of benzene rings is 1. The maximum atomic E-state index is 11.9. The van der Waals surface area contributed by atoms with E-state index in [9.17, 15) is 4.79 Å². The van der Waals surface area contributed by atoms with Crippen LogP contribution in [0.5, 0.6) is 5.75 Å². The van der Waals surface area contributed by atoms with Gasteiger partial charge in [-0.05, 0) is 6.07 Å². The minimum Gasteiger partial charge on any atom is -0.489 e. The highest BCUT2D eigenvalue weighted by Gasteiger charge is 2.11. The van der Waals surface area contributed by atoms with E-state index in [2.05, 4.69) is 27.1 Å². The zero-order chi connectivity index (χ0) is 20.9. The molecule has 9 heteroatoms. The molecule has 1 aliphatic heterocycles. The zero-order valence-corrected chi connectivity index (χ0v) is 20.3. The van der Waals surface area contributed by atoms with Gasteiger partial charge in [-0.3, -0.25) is 9.69 Å². The monoisotopic (exact) mass is 531 g/mol. The molecule has 0 aromatic heterocycles. The average molecular weight is 531 g/mol. The number of carbonyl (C=O) groups is 1. The Morgan fingerprint density at radius 2 is 2.03 bits per heavy atom. The number of morpholine rings is 1. The zero-order valence-electron chi connectivity index (χ0n) is 17.9. The first-order valence-corrected chi connectivity index (χ1v) is 9.94. The van der Waals surface area contributed by atoms with E-state index in [4.69, 9.17) is 9.47 Å². The number of nitrogens with one attached hydrogen (secondary N) is 2. The Bertz CT molecular complexity index is 678. The lowest BCUT2D eigenvalue weighted by atomic mass is 10.2. The van der Waals surface area contributed by atoms with E-state index in [-0.39, 0.29) is 36.4 Å². The first kappa shape index (κ1) is 26.2. The van der Waals surface area contributed by atoms with Gasteiger partial charge in [0.25, 0.3) is 0 Å². The Hall–Kier alpha value is -1.85. The Morgan fingerprint density at radius 1 is 1.30 bits per heavy atom. The molecule has 1 heterocycles. The molecule has 30 heavy (non-hydrogen) atoms. The molecule has 8 nitrogen and oxygen atoms in total. The largest absolute Gasteiger partial charge is 0.489 e. The van der Waals surface area contributed by atoms with Crippen molar-refractivity contribution in [2.24, 2.45) is 4.99 Å². The summed E-state index contributed by atoms with van der Waals surface area (Å²) in [6, 6.07) is 7.79. The molecule has 1 aromatic rings. The van der Waals surface area contributed by atoms with E-state index in [0.29, 0.717) is 19.1 Å². The van der Waals surface area contributed by atoms with Gasteiger partial charge in [-0.15, -0.1) is 24.0 Å². The van der Waals surface area contributed by atoms with Crippen LogP contribution in [0.25, 0.3) is 0 Å². The molecule has 1 aromatic carbocycles. The van der Waals surface area contributed by atoms with Crippen LogP contribution in [-0.4, -0.2) is 88.3 Å². The predicted octanol–water partition coefficient (Wildman–Crippen LogP) is 1.33. The maximum Gasteiger partial charge on any atom is 0.241 e. The van der Waals surface area contributed by atoms with Crippen LogP contribution in [0.15, 0.2) is 41.9 Å². The molecule has 0 spiro atoms. The number of carbonyl (C=O) groups excluding carboxylic acids is 1. The molecular formula is C21H34IN5O3. The molecule has 1 amide bonds. The van der Waals surface area contributed by atoms with Crippen molar-refractivity contribution in [1.29, 1.82) is 0 Å². The minimum atomic E-state index is -0.0117. The molecule has 0 bridgehead atoms. The third-order valence-corrected chi connectivity index (χ3v) is 4.47. The molecule has 0 unspecified atom stereocenters. The summed E-state index contributed by atoms with van der Waals surface area (Å²) >= 11 is 0. The number of rotatable bonds is 10. The number of guanidine groups is 1. The summed E-state index contributed by atoms with van der Waals surface area (Å²) in [5.74, 6) is 1.38. The molecule has 1 saturated heterocycles. The molecule has 1 aliphatic rings. The van der Waals surface area contributed by atoms with E-state index in [1.54, 1.807) is 25.1 Å². The number of hydrogen-bond acceptors (Lipinski definition) is 5. The van der Waals surface area contributed by atoms with Crippen LogP contribution in [0.2, 0.25) is 0 Å². The van der Waals surface area contributed by atoms with Gasteiger partial charge in [-0.25, -0.2) is 4.99 Å². The number of aliphatic imine (C=N–C) groups is 1. The number of amides is 1. The van der Waals surface area contributed by atoms with Crippen LogP contribution >= 0.6 is 24.0 Å². The van der Waals surface area contributed by atoms with Crippen molar-refractivity contribution in [3.05, 3.63) is 42.5 Å². The van der Waals surface area contributed by atoms with E-state index >= 15 is 0 Å². The van der Waals surface area contributed by atoms with Gasteiger partial charge in [0.2, 0.25) is 5.91 Å². The number of nitrogens with zero attached hydrogens (tertiary/aromatic N) is 3. The van der Waals surface area contributed by atoms with E-state index in [1.807, 2.05) is 24.3 Å². The first-order chi connectivity index (χ1) is 14.1. The summed E-state index contributed by atoms with van der Waals surface area (Å²) in [5.41, 5.74) is 0.975. The van der Waals surface area contributed by atoms with Crippen molar-refractivity contribution in [1.82, 2.24) is 20.4 Å². The van der Waals surface area contributed by atoms with Gasteiger partial charge >= 0.3 is 0 Å². The molecular weight excluding hydrogens is 497 g/mol. The quantitative estimate of drug-likeness (QED) is 0.205. The molecule has 0 atom stereocenters. The molecule has 0 saturated carbocycles. The van der Waals surface area contributed by atoms with Crippen molar-refractivity contribution >= 4 is 35.8 Å². The SMILES string of the molecule is C=CCOc1ccccc1CN=C(NCCN1CCOCC1)NCC(=O)N(C)C.I. The lowest BCUT2D eigenvalue weighted by Gasteiger charge is -2.26. The van der Waals surface area contributed by atoms with Gasteiger partial charge in [-0.1, -0.05) is 30.9 Å². The van der Waals surface area contributed by atoms with Crippen LogP contribution in [0.3, 0.4) is 0 Å². The topological polar surface area (TPSA) is 78.4 Å². The number of hydrogen-bond donors (Lipinski definition) is 2. The number of halogens is 1. The number of ether oxygens (including phenoxy) is 2.